The predicted molar refractivity (Wildman–Crippen MR) is 63.5 cm³/mol. The molecule has 0 heterocycles. The van der Waals surface area contributed by atoms with Gasteiger partial charge in [-0.3, -0.25) is 5.84 Å². The van der Waals surface area contributed by atoms with Crippen molar-refractivity contribution in [3.05, 3.63) is 28.8 Å². The Bertz CT molecular complexity index is 607. The molecule has 1 rings (SSSR count). The Balaban J connectivity index is 0.00000101. The van der Waals surface area contributed by atoms with Crippen LogP contribution >= 0.6 is 7.82 Å². The summed E-state index contributed by atoms with van der Waals surface area (Å²) in [7, 11) is -4.64. The Morgan fingerprint density at radius 2 is 1.08 bits per heavy atom. The molecule has 0 aliphatic carbocycles. The molecule has 0 aliphatic heterocycles. The summed E-state index contributed by atoms with van der Waals surface area (Å²) in [6.45, 7) is 0. The van der Waals surface area contributed by atoms with Crippen LogP contribution in [-0.2, 0) is 23.1 Å². The molecule has 0 bridgehead atoms. The summed E-state index contributed by atoms with van der Waals surface area (Å²) in [5.74, 6) is 4.57. The average molecular weight is 410 g/mol. The summed E-state index contributed by atoms with van der Waals surface area (Å²) in [5, 5.41) is 0. The number of hydrogen-bond acceptors (Lipinski definition) is 3. The monoisotopic (exact) mass is 410 g/mol. The molecule has 0 radical (unpaired) electrons. The van der Waals surface area contributed by atoms with Gasteiger partial charge in [0, 0.05) is 0 Å². The van der Waals surface area contributed by atoms with E-state index in [9.17, 15) is 39.5 Å². The minimum atomic E-state index is -5.44. The Morgan fingerprint density at radius 3 is 1.24 bits per heavy atom. The van der Waals surface area contributed by atoms with Gasteiger partial charge in [-0.25, -0.2) is 4.57 Å². The standard InChI is InChI=1S/C9H5F9N2.H3O4P/c10-7(11,12)3-1-4(8(13,14)15)6(20-19)5(2-3)9(16,17)18;1-5(2,3)4/h1-2,20H,19H2;(H3,1,2,3,4). The third-order valence-electron chi connectivity index (χ3n) is 2.22. The topological polar surface area (TPSA) is 116 Å². The van der Waals surface area contributed by atoms with E-state index in [1.807, 2.05) is 0 Å². The lowest BCUT2D eigenvalue weighted by molar-refractivity contribution is -0.147. The molecule has 1 aromatic rings. The number of phosphoric acid groups is 1. The van der Waals surface area contributed by atoms with Gasteiger partial charge >= 0.3 is 26.4 Å². The number of hydrogen-bond donors (Lipinski definition) is 5. The van der Waals surface area contributed by atoms with E-state index < -0.39 is 60.9 Å². The van der Waals surface area contributed by atoms with E-state index in [2.05, 4.69) is 5.84 Å². The summed E-state index contributed by atoms with van der Waals surface area (Å²) >= 11 is 0. The van der Waals surface area contributed by atoms with Crippen LogP contribution in [0.5, 0.6) is 0 Å². The number of alkyl halides is 9. The third kappa shape index (κ3) is 7.92. The lowest BCUT2D eigenvalue weighted by Gasteiger charge is -2.20. The average Bonchev–Trinajstić information content (AvgIpc) is 2.31. The summed E-state index contributed by atoms with van der Waals surface area (Å²) in [5.41, 5.74) is -6.89. The highest BCUT2D eigenvalue weighted by molar-refractivity contribution is 7.45. The van der Waals surface area contributed by atoms with Gasteiger partial charge in [0.1, 0.15) is 0 Å². The molecule has 0 saturated heterocycles. The first-order chi connectivity index (χ1) is 10.8. The van der Waals surface area contributed by atoms with E-state index >= 15 is 0 Å². The van der Waals surface area contributed by atoms with Gasteiger partial charge in [-0.05, 0) is 12.1 Å². The zero-order valence-corrected chi connectivity index (χ0v) is 12.2. The van der Waals surface area contributed by atoms with E-state index in [-0.39, 0.29) is 0 Å². The Labute approximate surface area is 132 Å². The maximum atomic E-state index is 12.5. The Kier molecular flexibility index (Phi) is 6.92. The zero-order chi connectivity index (χ0) is 20.4. The minimum absolute atomic E-state index is 0.440. The molecular formula is C9H8F9N2O4P. The van der Waals surface area contributed by atoms with Crippen LogP contribution in [0.25, 0.3) is 0 Å². The lowest BCUT2D eigenvalue weighted by Crippen LogP contribution is -2.22. The summed E-state index contributed by atoms with van der Waals surface area (Å²) in [6.07, 6.45) is -16.3. The number of benzene rings is 1. The van der Waals surface area contributed by atoms with Gasteiger partial charge in [0.05, 0.1) is 22.4 Å². The molecule has 0 atom stereocenters. The van der Waals surface area contributed by atoms with E-state index in [4.69, 9.17) is 19.2 Å². The number of nitrogens with one attached hydrogen (secondary N) is 1. The van der Waals surface area contributed by atoms with Crippen LogP contribution in [0, 0.1) is 0 Å². The maximum absolute atomic E-state index is 12.5. The smallest absolute Gasteiger partial charge is 0.323 e. The fraction of sp³-hybridized carbons (Fsp3) is 0.333. The van der Waals surface area contributed by atoms with E-state index in [0.29, 0.717) is 0 Å². The number of hydrazine groups is 1. The van der Waals surface area contributed by atoms with Gasteiger partial charge in [-0.2, -0.15) is 39.5 Å². The molecule has 0 saturated carbocycles. The quantitative estimate of drug-likeness (QED) is 0.210. The van der Waals surface area contributed by atoms with Gasteiger partial charge in [0.25, 0.3) is 0 Å². The van der Waals surface area contributed by atoms with Crippen LogP contribution < -0.4 is 11.3 Å². The first kappa shape index (κ1) is 23.5. The molecule has 0 fully saturated rings. The van der Waals surface area contributed by atoms with Gasteiger partial charge in [-0.15, -0.1) is 0 Å². The van der Waals surface area contributed by atoms with Gasteiger partial charge in [-0.1, -0.05) is 0 Å². The molecule has 146 valence electrons. The number of nitrogens with two attached hydrogens (primary N) is 1. The van der Waals surface area contributed by atoms with Crippen molar-refractivity contribution < 1.29 is 58.8 Å². The second-order valence-corrected chi connectivity index (χ2v) is 5.12. The van der Waals surface area contributed by atoms with Crippen molar-refractivity contribution in [3.8, 4) is 0 Å². The first-order valence-corrected chi connectivity index (χ1v) is 6.99. The van der Waals surface area contributed by atoms with Crippen LogP contribution in [0.2, 0.25) is 0 Å². The van der Waals surface area contributed by atoms with Crippen LogP contribution in [0.3, 0.4) is 0 Å². The molecule has 25 heavy (non-hydrogen) atoms. The number of rotatable bonds is 1. The van der Waals surface area contributed by atoms with Crippen molar-refractivity contribution in [2.45, 2.75) is 18.5 Å². The third-order valence-corrected chi connectivity index (χ3v) is 2.22. The largest absolute Gasteiger partial charge is 0.466 e. The van der Waals surface area contributed by atoms with Crippen molar-refractivity contribution in [2.24, 2.45) is 5.84 Å². The molecule has 6 N–H and O–H groups in total. The van der Waals surface area contributed by atoms with E-state index in [0.717, 1.165) is 5.43 Å². The molecule has 0 unspecified atom stereocenters. The molecule has 0 amide bonds. The van der Waals surface area contributed by atoms with Crippen LogP contribution in [0.4, 0.5) is 45.2 Å². The lowest BCUT2D eigenvalue weighted by atomic mass is 10.0. The van der Waals surface area contributed by atoms with Gasteiger partial charge in [0.15, 0.2) is 0 Å². The van der Waals surface area contributed by atoms with Crippen molar-refractivity contribution in [1.29, 1.82) is 0 Å². The molecular weight excluding hydrogens is 402 g/mol. The molecule has 6 nitrogen and oxygen atoms in total. The summed E-state index contributed by atoms with van der Waals surface area (Å²) in [6, 6.07) is -0.880. The molecule has 1 aromatic carbocycles. The van der Waals surface area contributed by atoms with E-state index in [1.165, 1.54) is 0 Å². The maximum Gasteiger partial charge on any atom is 0.466 e. The number of anilines is 1. The van der Waals surface area contributed by atoms with Crippen molar-refractivity contribution in [3.63, 3.8) is 0 Å². The van der Waals surface area contributed by atoms with E-state index in [1.54, 1.807) is 0 Å². The van der Waals surface area contributed by atoms with Gasteiger partial charge < -0.3 is 20.1 Å². The zero-order valence-electron chi connectivity index (χ0n) is 11.3. The minimum Gasteiger partial charge on any atom is -0.323 e. The Morgan fingerprint density at radius 1 is 0.800 bits per heavy atom. The second-order valence-electron chi connectivity index (χ2n) is 4.10. The Hall–Kier alpha value is -1.54. The van der Waals surface area contributed by atoms with Crippen LogP contribution in [0.15, 0.2) is 12.1 Å². The van der Waals surface area contributed by atoms with Crippen molar-refractivity contribution in [2.75, 3.05) is 5.43 Å². The molecule has 0 aromatic heterocycles. The SMILES string of the molecule is NNc1c(C(F)(F)F)cc(C(F)(F)F)cc1C(F)(F)F.O=P(O)(O)O. The highest BCUT2D eigenvalue weighted by atomic mass is 31.2. The fourth-order valence-corrected chi connectivity index (χ4v) is 1.41. The second kappa shape index (κ2) is 7.37. The van der Waals surface area contributed by atoms with Gasteiger partial charge in [0.2, 0.25) is 0 Å². The highest BCUT2D eigenvalue weighted by Crippen LogP contribution is 2.45. The van der Waals surface area contributed by atoms with Crippen molar-refractivity contribution >= 4 is 13.5 Å². The predicted octanol–water partition coefficient (Wildman–Crippen LogP) is 3.10. The van der Waals surface area contributed by atoms with Crippen LogP contribution in [-0.4, -0.2) is 14.7 Å². The van der Waals surface area contributed by atoms with Crippen molar-refractivity contribution in [1.82, 2.24) is 0 Å². The number of nitrogen functional groups attached to an aromatic ring is 1. The number of halogens is 9. The highest BCUT2D eigenvalue weighted by Gasteiger charge is 2.44. The first-order valence-electron chi connectivity index (χ1n) is 5.43. The van der Waals surface area contributed by atoms with Crippen LogP contribution in [0.1, 0.15) is 16.7 Å². The molecule has 0 aliphatic rings. The summed E-state index contributed by atoms with van der Waals surface area (Å²) in [4.78, 5) is 21.6. The molecule has 0 spiro atoms. The molecule has 16 heteroatoms. The fourth-order valence-electron chi connectivity index (χ4n) is 1.41. The normalized spacial score (nSPS) is 13.2. The summed E-state index contributed by atoms with van der Waals surface area (Å²) < 4.78 is 121.